The summed E-state index contributed by atoms with van der Waals surface area (Å²) in [4.78, 5) is 11.9. The molecule has 0 aromatic rings. The zero-order chi connectivity index (χ0) is 11.4. The summed E-state index contributed by atoms with van der Waals surface area (Å²) in [6.45, 7) is 4.29. The molecule has 1 amide bonds. The fourth-order valence-electron chi connectivity index (χ4n) is 2.97. The molecule has 0 aromatic heterocycles. The number of piperidine rings is 1. The van der Waals surface area contributed by atoms with Crippen molar-refractivity contribution in [1.29, 1.82) is 0 Å². The van der Waals surface area contributed by atoms with Gasteiger partial charge in [0.25, 0.3) is 0 Å². The lowest BCUT2D eigenvalue weighted by molar-refractivity contribution is -0.123. The van der Waals surface area contributed by atoms with Crippen molar-refractivity contribution in [2.75, 3.05) is 13.1 Å². The zero-order valence-electron chi connectivity index (χ0n) is 10.7. The van der Waals surface area contributed by atoms with Crippen molar-refractivity contribution in [2.24, 2.45) is 11.8 Å². The van der Waals surface area contributed by atoms with Gasteiger partial charge in [0, 0.05) is 12.5 Å². The van der Waals surface area contributed by atoms with Gasteiger partial charge in [-0.05, 0) is 44.2 Å². The molecular formula is C13H25ClN2O. The number of nitrogens with one attached hydrogen (secondary N) is 2. The van der Waals surface area contributed by atoms with Crippen LogP contribution in [0.3, 0.4) is 0 Å². The second-order valence-corrected chi connectivity index (χ2v) is 5.50. The molecule has 2 aliphatic rings. The normalized spacial score (nSPS) is 29.7. The SMILES string of the molecule is CC1CNCCC1NC(=O)CC1CCCC1.Cl. The van der Waals surface area contributed by atoms with E-state index >= 15 is 0 Å². The van der Waals surface area contributed by atoms with Gasteiger partial charge in [0.2, 0.25) is 5.91 Å². The molecule has 0 bridgehead atoms. The van der Waals surface area contributed by atoms with Crippen molar-refractivity contribution in [2.45, 2.75) is 51.5 Å². The van der Waals surface area contributed by atoms with Crippen molar-refractivity contribution in [3.63, 3.8) is 0 Å². The molecule has 1 saturated carbocycles. The van der Waals surface area contributed by atoms with Crippen LogP contribution in [-0.4, -0.2) is 25.0 Å². The molecule has 100 valence electrons. The Balaban J connectivity index is 0.00000144. The lowest BCUT2D eigenvalue weighted by atomic mass is 9.94. The van der Waals surface area contributed by atoms with E-state index in [9.17, 15) is 4.79 Å². The maximum Gasteiger partial charge on any atom is 0.220 e. The van der Waals surface area contributed by atoms with Gasteiger partial charge in [0.05, 0.1) is 0 Å². The number of carbonyl (C=O) groups excluding carboxylic acids is 1. The summed E-state index contributed by atoms with van der Waals surface area (Å²) in [5, 5.41) is 6.58. The van der Waals surface area contributed by atoms with Crippen LogP contribution in [0.25, 0.3) is 0 Å². The minimum Gasteiger partial charge on any atom is -0.353 e. The van der Waals surface area contributed by atoms with Gasteiger partial charge in [-0.25, -0.2) is 0 Å². The van der Waals surface area contributed by atoms with Crippen LogP contribution in [0, 0.1) is 11.8 Å². The fourth-order valence-corrected chi connectivity index (χ4v) is 2.97. The first-order valence-corrected chi connectivity index (χ1v) is 6.76. The number of carbonyl (C=O) groups is 1. The first-order valence-electron chi connectivity index (χ1n) is 6.76. The van der Waals surface area contributed by atoms with E-state index in [1.54, 1.807) is 0 Å². The molecule has 4 heteroatoms. The molecule has 1 heterocycles. The summed E-state index contributed by atoms with van der Waals surface area (Å²) in [6.07, 6.45) is 7.00. The Morgan fingerprint density at radius 1 is 1.29 bits per heavy atom. The molecule has 2 fully saturated rings. The first-order chi connectivity index (χ1) is 7.75. The smallest absolute Gasteiger partial charge is 0.220 e. The Morgan fingerprint density at radius 3 is 2.65 bits per heavy atom. The van der Waals surface area contributed by atoms with Crippen molar-refractivity contribution in [3.8, 4) is 0 Å². The van der Waals surface area contributed by atoms with Crippen LogP contribution in [0.15, 0.2) is 0 Å². The number of hydrogen-bond donors (Lipinski definition) is 2. The third-order valence-electron chi connectivity index (χ3n) is 4.08. The summed E-state index contributed by atoms with van der Waals surface area (Å²) in [5.41, 5.74) is 0. The van der Waals surface area contributed by atoms with Gasteiger partial charge in [-0.15, -0.1) is 12.4 Å². The molecule has 17 heavy (non-hydrogen) atoms. The van der Waals surface area contributed by atoms with E-state index in [-0.39, 0.29) is 18.3 Å². The quantitative estimate of drug-likeness (QED) is 0.816. The average Bonchev–Trinajstić information content (AvgIpc) is 2.74. The van der Waals surface area contributed by atoms with Crippen molar-refractivity contribution in [1.82, 2.24) is 10.6 Å². The second kappa shape index (κ2) is 7.22. The topological polar surface area (TPSA) is 41.1 Å². The predicted molar refractivity (Wildman–Crippen MR) is 72.4 cm³/mol. The monoisotopic (exact) mass is 260 g/mol. The molecule has 2 N–H and O–H groups in total. The summed E-state index contributed by atoms with van der Waals surface area (Å²) >= 11 is 0. The van der Waals surface area contributed by atoms with Crippen LogP contribution in [-0.2, 0) is 4.79 Å². The Morgan fingerprint density at radius 2 is 2.00 bits per heavy atom. The van der Waals surface area contributed by atoms with E-state index in [0.717, 1.165) is 25.9 Å². The highest BCUT2D eigenvalue weighted by molar-refractivity contribution is 5.85. The van der Waals surface area contributed by atoms with E-state index in [1.807, 2.05) is 0 Å². The van der Waals surface area contributed by atoms with Crippen LogP contribution < -0.4 is 10.6 Å². The Bertz CT molecular complexity index is 242. The van der Waals surface area contributed by atoms with Crippen LogP contribution in [0.2, 0.25) is 0 Å². The third-order valence-corrected chi connectivity index (χ3v) is 4.08. The highest BCUT2D eigenvalue weighted by Crippen LogP contribution is 2.27. The lowest BCUT2D eigenvalue weighted by Crippen LogP contribution is -2.48. The largest absolute Gasteiger partial charge is 0.353 e. The molecule has 2 rings (SSSR count). The lowest BCUT2D eigenvalue weighted by Gasteiger charge is -2.30. The van der Waals surface area contributed by atoms with Gasteiger partial charge in [-0.1, -0.05) is 19.8 Å². The highest BCUT2D eigenvalue weighted by atomic mass is 35.5. The Hall–Kier alpha value is -0.280. The summed E-state index contributed by atoms with van der Waals surface area (Å²) in [6, 6.07) is 0.398. The number of hydrogen-bond acceptors (Lipinski definition) is 2. The molecular weight excluding hydrogens is 236 g/mol. The molecule has 1 saturated heterocycles. The van der Waals surface area contributed by atoms with E-state index in [1.165, 1.54) is 25.7 Å². The van der Waals surface area contributed by atoms with E-state index in [2.05, 4.69) is 17.6 Å². The Kier molecular flexibility index (Phi) is 6.28. The van der Waals surface area contributed by atoms with Gasteiger partial charge in [-0.2, -0.15) is 0 Å². The van der Waals surface area contributed by atoms with Crippen molar-refractivity contribution >= 4 is 18.3 Å². The second-order valence-electron chi connectivity index (χ2n) is 5.50. The standard InChI is InChI=1S/C13H24N2O.ClH/c1-10-9-14-7-6-12(10)15-13(16)8-11-4-2-3-5-11;/h10-12,14H,2-9H2,1H3,(H,15,16);1H. The van der Waals surface area contributed by atoms with Gasteiger partial charge in [0.1, 0.15) is 0 Å². The highest BCUT2D eigenvalue weighted by Gasteiger charge is 2.24. The number of rotatable bonds is 3. The molecule has 2 atom stereocenters. The molecule has 1 aliphatic heterocycles. The maximum atomic E-state index is 11.9. The third kappa shape index (κ3) is 4.47. The van der Waals surface area contributed by atoms with Gasteiger partial charge in [0.15, 0.2) is 0 Å². The summed E-state index contributed by atoms with van der Waals surface area (Å²) in [5.74, 6) is 1.52. The molecule has 1 aliphatic carbocycles. The number of halogens is 1. The van der Waals surface area contributed by atoms with E-state index < -0.39 is 0 Å². The Labute approximate surface area is 111 Å². The van der Waals surface area contributed by atoms with Crippen LogP contribution in [0.4, 0.5) is 0 Å². The zero-order valence-corrected chi connectivity index (χ0v) is 11.5. The molecule has 0 radical (unpaired) electrons. The fraction of sp³-hybridized carbons (Fsp3) is 0.923. The van der Waals surface area contributed by atoms with Gasteiger partial charge in [-0.3, -0.25) is 4.79 Å². The average molecular weight is 261 g/mol. The summed E-state index contributed by atoms with van der Waals surface area (Å²) in [7, 11) is 0. The predicted octanol–water partition coefficient (Wildman–Crippen LogP) is 2.10. The van der Waals surface area contributed by atoms with Crippen molar-refractivity contribution in [3.05, 3.63) is 0 Å². The van der Waals surface area contributed by atoms with Crippen molar-refractivity contribution < 1.29 is 4.79 Å². The van der Waals surface area contributed by atoms with Crippen LogP contribution in [0.5, 0.6) is 0 Å². The maximum absolute atomic E-state index is 11.9. The first kappa shape index (κ1) is 14.8. The van der Waals surface area contributed by atoms with Gasteiger partial charge < -0.3 is 10.6 Å². The van der Waals surface area contributed by atoms with Gasteiger partial charge >= 0.3 is 0 Å². The van der Waals surface area contributed by atoms with E-state index in [4.69, 9.17) is 0 Å². The molecule has 0 aromatic carbocycles. The molecule has 0 spiro atoms. The van der Waals surface area contributed by atoms with Crippen LogP contribution >= 0.6 is 12.4 Å². The van der Waals surface area contributed by atoms with E-state index in [0.29, 0.717) is 17.9 Å². The summed E-state index contributed by atoms with van der Waals surface area (Å²) < 4.78 is 0. The molecule has 2 unspecified atom stereocenters. The minimum atomic E-state index is 0. The molecule has 3 nitrogen and oxygen atoms in total. The minimum absolute atomic E-state index is 0. The number of amides is 1. The van der Waals surface area contributed by atoms with Crippen LogP contribution in [0.1, 0.15) is 45.4 Å².